The molecule has 1 amide bonds. The van der Waals surface area contributed by atoms with Crippen LogP contribution in [0.2, 0.25) is 15.1 Å². The van der Waals surface area contributed by atoms with Crippen molar-refractivity contribution in [1.29, 1.82) is 0 Å². The van der Waals surface area contributed by atoms with Gasteiger partial charge in [0.25, 0.3) is 5.91 Å². The van der Waals surface area contributed by atoms with Crippen molar-refractivity contribution in [2.24, 2.45) is 0 Å². The summed E-state index contributed by atoms with van der Waals surface area (Å²) < 4.78 is 0. The molecule has 1 rings (SSSR count). The molecule has 0 unspecified atom stereocenters. The molecule has 0 aliphatic carbocycles. The fourth-order valence-electron chi connectivity index (χ4n) is 0.815. The van der Waals surface area contributed by atoms with E-state index in [2.05, 4.69) is 0 Å². The molecule has 0 radical (unpaired) electrons. The molecule has 1 aromatic carbocycles. The van der Waals surface area contributed by atoms with Crippen LogP contribution < -0.4 is 5.48 Å². The van der Waals surface area contributed by atoms with Crippen LogP contribution in [-0.2, 0) is 0 Å². The standard InChI is InChI=1S/C7H4Cl3NO2.ClH/c8-3-1-4(9)6(5(10)2-3)7(12)11-13;/h1-2,13H,(H,11,12);1H. The van der Waals surface area contributed by atoms with Gasteiger partial charge in [0.1, 0.15) is 0 Å². The summed E-state index contributed by atoms with van der Waals surface area (Å²) in [6, 6.07) is 2.72. The minimum atomic E-state index is -0.772. The van der Waals surface area contributed by atoms with Gasteiger partial charge in [0.2, 0.25) is 0 Å². The van der Waals surface area contributed by atoms with Crippen molar-refractivity contribution >= 4 is 53.1 Å². The van der Waals surface area contributed by atoms with Crippen LogP contribution in [0.3, 0.4) is 0 Å². The predicted molar refractivity (Wildman–Crippen MR) is 58.0 cm³/mol. The Labute approximate surface area is 101 Å². The molecule has 2 N–H and O–H groups in total. The smallest absolute Gasteiger partial charge is 0.277 e. The van der Waals surface area contributed by atoms with Gasteiger partial charge >= 0.3 is 0 Å². The average Bonchev–Trinajstić information content (AvgIpc) is 2.02. The van der Waals surface area contributed by atoms with Crippen LogP contribution in [0.4, 0.5) is 0 Å². The Balaban J connectivity index is 0.00000169. The highest BCUT2D eigenvalue weighted by molar-refractivity contribution is 6.42. The SMILES string of the molecule is Cl.O=C(NO)c1c(Cl)cc(Cl)cc1Cl. The second-order valence-electron chi connectivity index (χ2n) is 2.19. The van der Waals surface area contributed by atoms with Crippen LogP contribution in [0.5, 0.6) is 0 Å². The van der Waals surface area contributed by atoms with Gasteiger partial charge in [-0.1, -0.05) is 34.8 Å². The van der Waals surface area contributed by atoms with Gasteiger partial charge in [-0.05, 0) is 12.1 Å². The van der Waals surface area contributed by atoms with E-state index in [4.69, 9.17) is 40.0 Å². The fourth-order valence-corrected chi connectivity index (χ4v) is 1.80. The number of nitrogens with one attached hydrogen (secondary N) is 1. The van der Waals surface area contributed by atoms with E-state index < -0.39 is 5.91 Å². The van der Waals surface area contributed by atoms with Crippen LogP contribution >= 0.6 is 47.2 Å². The summed E-state index contributed by atoms with van der Waals surface area (Å²) >= 11 is 16.9. The van der Waals surface area contributed by atoms with E-state index in [1.54, 1.807) is 0 Å². The molecule has 0 bridgehead atoms. The molecule has 7 heteroatoms. The maximum Gasteiger partial charge on any atom is 0.277 e. The topological polar surface area (TPSA) is 49.3 Å². The van der Waals surface area contributed by atoms with Crippen molar-refractivity contribution in [3.8, 4) is 0 Å². The molecule has 14 heavy (non-hydrogen) atoms. The first-order chi connectivity index (χ1) is 6.06. The van der Waals surface area contributed by atoms with Crippen molar-refractivity contribution in [3.63, 3.8) is 0 Å². The molecule has 0 spiro atoms. The lowest BCUT2D eigenvalue weighted by Gasteiger charge is -2.04. The minimum Gasteiger partial charge on any atom is -0.288 e. The maximum absolute atomic E-state index is 11.0. The number of hydrogen-bond donors (Lipinski definition) is 2. The largest absolute Gasteiger partial charge is 0.288 e. The highest BCUT2D eigenvalue weighted by Crippen LogP contribution is 2.28. The van der Waals surface area contributed by atoms with Gasteiger partial charge < -0.3 is 0 Å². The summed E-state index contributed by atoms with van der Waals surface area (Å²) in [5.74, 6) is -0.772. The third kappa shape index (κ3) is 2.90. The lowest BCUT2D eigenvalue weighted by atomic mass is 10.2. The van der Waals surface area contributed by atoms with Crippen LogP contribution in [0.25, 0.3) is 0 Å². The van der Waals surface area contributed by atoms with Gasteiger partial charge in [-0.3, -0.25) is 10.0 Å². The number of rotatable bonds is 1. The predicted octanol–water partition coefficient (Wildman–Crippen LogP) is 3.19. The van der Waals surface area contributed by atoms with Crippen molar-refractivity contribution in [1.82, 2.24) is 5.48 Å². The Hall–Kier alpha value is -0.190. The number of benzene rings is 1. The molecule has 0 heterocycles. The second kappa shape index (κ2) is 5.63. The zero-order valence-electron chi connectivity index (χ0n) is 6.55. The Kier molecular flexibility index (Phi) is 5.56. The molecule has 3 nitrogen and oxygen atoms in total. The first-order valence-corrected chi connectivity index (χ1v) is 4.28. The van der Waals surface area contributed by atoms with Crippen molar-refractivity contribution in [2.75, 3.05) is 0 Å². The Morgan fingerprint density at radius 2 is 1.64 bits per heavy atom. The molecule has 0 aliphatic rings. The first kappa shape index (κ1) is 13.8. The van der Waals surface area contributed by atoms with E-state index in [0.29, 0.717) is 5.02 Å². The van der Waals surface area contributed by atoms with Gasteiger partial charge in [0.05, 0.1) is 15.6 Å². The molecule has 1 aromatic rings. The van der Waals surface area contributed by atoms with Crippen molar-refractivity contribution in [3.05, 3.63) is 32.8 Å². The molecule has 0 atom stereocenters. The minimum absolute atomic E-state index is 0. The molecule has 0 aliphatic heterocycles. The normalized spacial score (nSPS) is 9.14. The highest BCUT2D eigenvalue weighted by atomic mass is 35.5. The van der Waals surface area contributed by atoms with E-state index in [-0.39, 0.29) is 28.0 Å². The molecule has 0 saturated heterocycles. The summed E-state index contributed by atoms with van der Waals surface area (Å²) in [5.41, 5.74) is 1.43. The molecule has 78 valence electrons. The summed E-state index contributed by atoms with van der Waals surface area (Å²) in [4.78, 5) is 11.0. The molecule has 0 fully saturated rings. The maximum atomic E-state index is 11.0. The molecule has 0 saturated carbocycles. The fraction of sp³-hybridized carbons (Fsp3) is 0. The van der Waals surface area contributed by atoms with E-state index in [1.807, 2.05) is 0 Å². The zero-order valence-corrected chi connectivity index (χ0v) is 9.64. The Morgan fingerprint density at radius 1 is 1.21 bits per heavy atom. The lowest BCUT2D eigenvalue weighted by Crippen LogP contribution is -2.19. The van der Waals surface area contributed by atoms with E-state index in [9.17, 15) is 4.79 Å². The Morgan fingerprint density at radius 3 is 2.00 bits per heavy atom. The average molecular weight is 277 g/mol. The van der Waals surface area contributed by atoms with Crippen LogP contribution in [0.15, 0.2) is 12.1 Å². The zero-order chi connectivity index (χ0) is 10.0. The number of halogens is 4. The molecular weight excluding hydrogens is 272 g/mol. The van der Waals surface area contributed by atoms with Gasteiger partial charge in [0, 0.05) is 5.02 Å². The lowest BCUT2D eigenvalue weighted by molar-refractivity contribution is 0.0706. The quantitative estimate of drug-likeness (QED) is 0.611. The Bertz CT molecular complexity index is 333. The summed E-state index contributed by atoms with van der Waals surface area (Å²) in [6.07, 6.45) is 0. The molecule has 0 aromatic heterocycles. The summed E-state index contributed by atoms with van der Waals surface area (Å²) in [6.45, 7) is 0. The van der Waals surface area contributed by atoms with Gasteiger partial charge in [-0.15, -0.1) is 12.4 Å². The van der Waals surface area contributed by atoms with E-state index >= 15 is 0 Å². The summed E-state index contributed by atoms with van der Waals surface area (Å²) in [5, 5.41) is 8.85. The van der Waals surface area contributed by atoms with Crippen LogP contribution in [0, 0.1) is 0 Å². The first-order valence-electron chi connectivity index (χ1n) is 3.15. The third-order valence-corrected chi connectivity index (χ3v) is 2.15. The highest BCUT2D eigenvalue weighted by Gasteiger charge is 2.14. The number of amides is 1. The monoisotopic (exact) mass is 275 g/mol. The van der Waals surface area contributed by atoms with E-state index in [0.717, 1.165) is 0 Å². The number of hydroxylamine groups is 1. The van der Waals surface area contributed by atoms with Gasteiger partial charge in [-0.25, -0.2) is 5.48 Å². The number of carbonyl (C=O) groups excluding carboxylic acids is 1. The van der Waals surface area contributed by atoms with Crippen molar-refractivity contribution < 1.29 is 10.0 Å². The van der Waals surface area contributed by atoms with Gasteiger partial charge in [-0.2, -0.15) is 0 Å². The van der Waals surface area contributed by atoms with E-state index in [1.165, 1.54) is 17.6 Å². The van der Waals surface area contributed by atoms with Gasteiger partial charge in [0.15, 0.2) is 0 Å². The number of carbonyl (C=O) groups is 1. The summed E-state index contributed by atoms with van der Waals surface area (Å²) in [7, 11) is 0. The van der Waals surface area contributed by atoms with Crippen molar-refractivity contribution in [2.45, 2.75) is 0 Å². The molecular formula is C7H5Cl4NO2. The van der Waals surface area contributed by atoms with Crippen LogP contribution in [-0.4, -0.2) is 11.1 Å². The second-order valence-corrected chi connectivity index (χ2v) is 3.44. The van der Waals surface area contributed by atoms with Crippen LogP contribution in [0.1, 0.15) is 10.4 Å². The third-order valence-electron chi connectivity index (χ3n) is 1.34. The number of hydrogen-bond acceptors (Lipinski definition) is 2.